The Morgan fingerprint density at radius 2 is 1.93 bits per heavy atom. The van der Waals surface area contributed by atoms with Crippen LogP contribution in [0, 0.1) is 0 Å². The van der Waals surface area contributed by atoms with Gasteiger partial charge in [-0.05, 0) is 30.7 Å². The van der Waals surface area contributed by atoms with E-state index in [2.05, 4.69) is 24.0 Å². The van der Waals surface area contributed by atoms with Crippen molar-refractivity contribution in [3.8, 4) is 5.75 Å². The first-order valence-electron chi connectivity index (χ1n) is 9.67. The summed E-state index contributed by atoms with van der Waals surface area (Å²) in [7, 11) is 0. The molecule has 5 atom stereocenters. The predicted molar refractivity (Wildman–Crippen MR) is 108 cm³/mol. The van der Waals surface area contributed by atoms with E-state index in [1.54, 1.807) is 29.8 Å². The van der Waals surface area contributed by atoms with Gasteiger partial charge in [0, 0.05) is 9.75 Å². The van der Waals surface area contributed by atoms with Crippen LogP contribution in [-0.2, 0) is 22.6 Å². The third-order valence-electron chi connectivity index (χ3n) is 5.08. The Morgan fingerprint density at radius 1 is 1.13 bits per heavy atom. The van der Waals surface area contributed by atoms with E-state index in [9.17, 15) is 15.3 Å². The summed E-state index contributed by atoms with van der Waals surface area (Å²) in [4.78, 5) is 17.6. The lowest BCUT2D eigenvalue weighted by Gasteiger charge is -2.38. The van der Waals surface area contributed by atoms with Gasteiger partial charge in [0.1, 0.15) is 23.8 Å². The van der Waals surface area contributed by atoms with E-state index in [-0.39, 0.29) is 0 Å². The Labute approximate surface area is 176 Å². The average molecular weight is 436 g/mol. The molecular weight excluding hydrogens is 412 g/mol. The third kappa shape index (κ3) is 4.08. The van der Waals surface area contributed by atoms with Gasteiger partial charge in [0.15, 0.2) is 18.1 Å². The highest BCUT2D eigenvalue weighted by molar-refractivity contribution is 7.11. The monoisotopic (exact) mass is 436 g/mol. The average Bonchev–Trinajstić information content (AvgIpc) is 3.38. The molecule has 1 aliphatic heterocycles. The number of para-hydroxylation sites is 1. The Bertz CT molecular complexity index is 991. The van der Waals surface area contributed by atoms with Crippen LogP contribution >= 0.6 is 11.3 Å². The number of hydrogen-bond donors (Lipinski definition) is 4. The van der Waals surface area contributed by atoms with Crippen molar-refractivity contribution in [2.75, 3.05) is 6.61 Å². The highest BCUT2D eigenvalue weighted by atomic mass is 32.1. The molecule has 30 heavy (non-hydrogen) atoms. The quantitative estimate of drug-likeness (QED) is 0.317. The van der Waals surface area contributed by atoms with Crippen LogP contribution in [-0.4, -0.2) is 67.3 Å². The first-order chi connectivity index (χ1) is 14.5. The molecule has 4 N–H and O–H groups in total. The second kappa shape index (κ2) is 8.98. The summed E-state index contributed by atoms with van der Waals surface area (Å²) in [5.41, 5.74) is 1.39. The summed E-state index contributed by atoms with van der Waals surface area (Å²) < 4.78 is 7.01. The Balaban J connectivity index is 1.53. The van der Waals surface area contributed by atoms with Gasteiger partial charge in [-0.25, -0.2) is 4.98 Å². The van der Waals surface area contributed by atoms with Crippen molar-refractivity contribution >= 4 is 22.4 Å². The molecule has 1 aliphatic rings. The number of benzene rings is 1. The molecule has 0 spiro atoms. The molecule has 0 amide bonds. The summed E-state index contributed by atoms with van der Waals surface area (Å²) in [5.74, 6) is 0.343. The first kappa shape index (κ1) is 21.2. The van der Waals surface area contributed by atoms with Gasteiger partial charge in [0.25, 0.3) is 0 Å². The van der Waals surface area contributed by atoms with Gasteiger partial charge in [-0.15, -0.1) is 11.3 Å². The Kier molecular flexibility index (Phi) is 6.34. The molecule has 3 aromatic rings. The van der Waals surface area contributed by atoms with Crippen molar-refractivity contribution in [3.63, 3.8) is 0 Å². The van der Waals surface area contributed by atoms with E-state index >= 15 is 0 Å². The minimum absolute atomic E-state index is 0.343. The van der Waals surface area contributed by atoms with Crippen molar-refractivity contribution in [2.24, 2.45) is 0 Å². The number of imidazole rings is 1. The van der Waals surface area contributed by atoms with E-state index in [4.69, 9.17) is 19.6 Å². The smallest absolute Gasteiger partial charge is 0.191 e. The molecule has 1 saturated heterocycles. The van der Waals surface area contributed by atoms with Crippen LogP contribution in [0.1, 0.15) is 16.7 Å². The van der Waals surface area contributed by atoms with Crippen LogP contribution < -0.4 is 4.89 Å². The number of aromatic nitrogens is 2. The molecule has 0 saturated carbocycles. The number of fused-ring (bicyclic) bond motifs is 1. The second-order valence-corrected chi connectivity index (χ2v) is 8.34. The fraction of sp³-hybridized carbons (Fsp3) is 0.450. The zero-order chi connectivity index (χ0) is 21.3. The molecule has 1 aromatic carbocycles. The zero-order valence-electron chi connectivity index (χ0n) is 16.3. The van der Waals surface area contributed by atoms with Crippen LogP contribution in [0.25, 0.3) is 11.0 Å². The summed E-state index contributed by atoms with van der Waals surface area (Å²) in [6.45, 7) is 2.17. The lowest BCUT2D eigenvalue weighted by Crippen LogP contribution is -2.59. The normalized spacial score (nSPS) is 26.9. The van der Waals surface area contributed by atoms with Crippen molar-refractivity contribution in [3.05, 3.63) is 46.4 Å². The van der Waals surface area contributed by atoms with E-state index in [1.807, 2.05) is 10.6 Å². The molecule has 0 radical (unpaired) electrons. The van der Waals surface area contributed by atoms with Crippen LogP contribution in [0.2, 0.25) is 0 Å². The van der Waals surface area contributed by atoms with E-state index in [1.165, 1.54) is 9.75 Å². The number of aryl methyl sites for hydroxylation is 1. The predicted octanol–water partition coefficient (Wildman–Crippen LogP) is 0.819. The Hall–Kier alpha value is -2.05. The molecule has 0 bridgehead atoms. The molecule has 3 heterocycles. The third-order valence-corrected chi connectivity index (χ3v) is 6.30. The highest BCUT2D eigenvalue weighted by Gasteiger charge is 2.45. The molecule has 2 aromatic heterocycles. The second-order valence-electron chi connectivity index (χ2n) is 7.09. The highest BCUT2D eigenvalue weighted by Crippen LogP contribution is 2.29. The number of aliphatic hydroxyl groups excluding tert-OH is 4. The van der Waals surface area contributed by atoms with Crippen molar-refractivity contribution in [1.29, 1.82) is 0 Å². The number of ether oxygens (including phenoxy) is 1. The van der Waals surface area contributed by atoms with Crippen molar-refractivity contribution in [2.45, 2.75) is 50.6 Å². The van der Waals surface area contributed by atoms with Crippen LogP contribution in [0.5, 0.6) is 5.75 Å². The van der Waals surface area contributed by atoms with E-state index in [0.717, 1.165) is 6.42 Å². The number of rotatable bonds is 7. The topological polar surface area (TPSA) is 126 Å². The SMILES string of the molecule is CCc1ccc(Cn2cnc3cccc(OO[C@@H]4[C@@H](O)[C@H](O)[C@@H](CO)O[C@H]4O)c32)s1. The summed E-state index contributed by atoms with van der Waals surface area (Å²) in [5, 5.41) is 39.4. The number of aliphatic hydroxyl groups is 4. The largest absolute Gasteiger partial charge is 0.394 e. The van der Waals surface area contributed by atoms with Gasteiger partial charge in [-0.2, -0.15) is 4.89 Å². The maximum Gasteiger partial charge on any atom is 0.191 e. The lowest BCUT2D eigenvalue weighted by molar-refractivity contribution is -0.364. The van der Waals surface area contributed by atoms with Gasteiger partial charge in [-0.1, -0.05) is 13.0 Å². The maximum atomic E-state index is 10.2. The molecule has 10 heteroatoms. The summed E-state index contributed by atoms with van der Waals surface area (Å²) >= 11 is 1.73. The van der Waals surface area contributed by atoms with E-state index < -0.39 is 37.3 Å². The molecule has 0 aliphatic carbocycles. The van der Waals surface area contributed by atoms with E-state index in [0.29, 0.717) is 23.3 Å². The summed E-state index contributed by atoms with van der Waals surface area (Å²) in [6, 6.07) is 9.46. The lowest BCUT2D eigenvalue weighted by atomic mass is 9.99. The fourth-order valence-electron chi connectivity index (χ4n) is 3.43. The van der Waals surface area contributed by atoms with Crippen LogP contribution in [0.3, 0.4) is 0 Å². The molecule has 162 valence electrons. The van der Waals surface area contributed by atoms with Gasteiger partial charge < -0.3 is 34.6 Å². The zero-order valence-corrected chi connectivity index (χ0v) is 17.1. The number of hydrogen-bond acceptors (Lipinski definition) is 9. The number of thiophene rings is 1. The summed E-state index contributed by atoms with van der Waals surface area (Å²) in [6.07, 6.45) is -4.30. The van der Waals surface area contributed by atoms with Gasteiger partial charge in [0.05, 0.1) is 25.0 Å². The van der Waals surface area contributed by atoms with Gasteiger partial charge in [-0.3, -0.25) is 0 Å². The molecule has 1 fully saturated rings. The first-order valence-corrected chi connectivity index (χ1v) is 10.5. The standard InChI is InChI=1S/C20H24N2O7S/c1-2-11-6-7-12(30-11)8-22-10-21-13-4-3-5-14(16(13)22)28-29-19-18(25)17(24)15(9-23)27-20(19)26/h3-7,10,15,17-20,23-26H,2,8-9H2,1H3/t15-,17-,18+,19-,20-/m1/s1. The fourth-order valence-corrected chi connectivity index (χ4v) is 4.39. The van der Waals surface area contributed by atoms with Crippen molar-refractivity contribution in [1.82, 2.24) is 9.55 Å². The maximum absolute atomic E-state index is 10.2. The Morgan fingerprint density at radius 3 is 2.67 bits per heavy atom. The molecular formula is C20H24N2O7S. The minimum atomic E-state index is -1.58. The molecule has 9 nitrogen and oxygen atoms in total. The van der Waals surface area contributed by atoms with Crippen molar-refractivity contribution < 1.29 is 34.9 Å². The molecule has 4 rings (SSSR count). The van der Waals surface area contributed by atoms with Crippen LogP contribution in [0.4, 0.5) is 0 Å². The van der Waals surface area contributed by atoms with Crippen LogP contribution in [0.15, 0.2) is 36.7 Å². The minimum Gasteiger partial charge on any atom is -0.394 e. The van der Waals surface area contributed by atoms with Gasteiger partial charge in [0.2, 0.25) is 0 Å². The number of nitrogens with zero attached hydrogens (tertiary/aromatic N) is 2. The van der Waals surface area contributed by atoms with Gasteiger partial charge >= 0.3 is 0 Å². The molecule has 0 unspecified atom stereocenters.